The Labute approximate surface area is 133 Å². The first kappa shape index (κ1) is 16.3. The van der Waals surface area contributed by atoms with Crippen molar-refractivity contribution < 1.29 is 19.1 Å². The highest BCUT2D eigenvalue weighted by Gasteiger charge is 2.07. The first-order valence-corrected chi connectivity index (χ1v) is 7.04. The smallest absolute Gasteiger partial charge is 0.426 e. The van der Waals surface area contributed by atoms with Crippen molar-refractivity contribution in [1.29, 1.82) is 0 Å². The second kappa shape index (κ2) is 8.38. The van der Waals surface area contributed by atoms with Crippen LogP contribution in [-0.2, 0) is 11.3 Å². The first-order chi connectivity index (χ1) is 11.2. The normalized spacial score (nSPS) is 9.78. The standard InChI is InChI=1S/C16H17N3O4/c1-2-22-16(21)19-18-15(20)13-5-7-14(8-6-13)23-11-12-4-3-9-17-10-12/h3-10H,2,11H2,1H3,(H,18,20)(H,19,21). The summed E-state index contributed by atoms with van der Waals surface area (Å²) in [6, 6.07) is 10.3. The van der Waals surface area contributed by atoms with Crippen molar-refractivity contribution in [2.45, 2.75) is 13.5 Å². The van der Waals surface area contributed by atoms with Crippen LogP contribution in [0, 0.1) is 0 Å². The van der Waals surface area contributed by atoms with Crippen LogP contribution in [0.25, 0.3) is 0 Å². The van der Waals surface area contributed by atoms with Crippen LogP contribution in [0.3, 0.4) is 0 Å². The molecule has 0 radical (unpaired) electrons. The van der Waals surface area contributed by atoms with E-state index in [0.717, 1.165) is 5.56 Å². The fourth-order valence-electron chi connectivity index (χ4n) is 1.70. The summed E-state index contributed by atoms with van der Waals surface area (Å²) in [5, 5.41) is 0. The Balaban J connectivity index is 1.84. The molecule has 2 rings (SSSR count). The molecule has 7 nitrogen and oxygen atoms in total. The molecule has 0 aliphatic rings. The van der Waals surface area contributed by atoms with E-state index in [2.05, 4.69) is 20.6 Å². The summed E-state index contributed by atoms with van der Waals surface area (Å²) in [5.74, 6) is 0.181. The molecule has 0 spiro atoms. The summed E-state index contributed by atoms with van der Waals surface area (Å²) in [7, 11) is 0. The number of carbonyl (C=O) groups is 2. The van der Waals surface area contributed by atoms with E-state index in [9.17, 15) is 9.59 Å². The molecule has 7 heteroatoms. The molecule has 0 aliphatic heterocycles. The Morgan fingerprint density at radius 1 is 1.13 bits per heavy atom. The molecule has 0 unspecified atom stereocenters. The van der Waals surface area contributed by atoms with Crippen molar-refractivity contribution in [3.05, 3.63) is 59.9 Å². The van der Waals surface area contributed by atoms with Gasteiger partial charge in [0.25, 0.3) is 5.91 Å². The number of hydrazine groups is 1. The summed E-state index contributed by atoms with van der Waals surface area (Å²) < 4.78 is 10.2. The van der Waals surface area contributed by atoms with E-state index in [1.807, 2.05) is 12.1 Å². The Hall–Kier alpha value is -3.09. The number of hydrogen-bond acceptors (Lipinski definition) is 5. The highest BCUT2D eigenvalue weighted by Crippen LogP contribution is 2.13. The first-order valence-electron chi connectivity index (χ1n) is 7.04. The lowest BCUT2D eigenvalue weighted by molar-refractivity contribution is 0.0912. The van der Waals surface area contributed by atoms with E-state index >= 15 is 0 Å². The molecule has 120 valence electrons. The Kier molecular flexibility index (Phi) is 5.93. The molecule has 0 atom stereocenters. The molecular formula is C16H17N3O4. The largest absolute Gasteiger partial charge is 0.489 e. The zero-order valence-corrected chi connectivity index (χ0v) is 12.6. The fraction of sp³-hybridized carbons (Fsp3) is 0.188. The molecular weight excluding hydrogens is 298 g/mol. The molecule has 0 saturated heterocycles. The summed E-state index contributed by atoms with van der Waals surface area (Å²) in [4.78, 5) is 26.9. The lowest BCUT2D eigenvalue weighted by Gasteiger charge is -2.08. The highest BCUT2D eigenvalue weighted by atomic mass is 16.6. The van der Waals surface area contributed by atoms with Crippen molar-refractivity contribution in [3.63, 3.8) is 0 Å². The van der Waals surface area contributed by atoms with Crippen LogP contribution >= 0.6 is 0 Å². The second-order valence-electron chi connectivity index (χ2n) is 4.47. The molecule has 0 aliphatic carbocycles. The van der Waals surface area contributed by atoms with Crippen molar-refractivity contribution in [1.82, 2.24) is 15.8 Å². The number of nitrogens with zero attached hydrogens (tertiary/aromatic N) is 1. The van der Waals surface area contributed by atoms with Crippen LogP contribution in [0.1, 0.15) is 22.8 Å². The lowest BCUT2D eigenvalue weighted by atomic mass is 10.2. The average molecular weight is 315 g/mol. The molecule has 0 saturated carbocycles. The van der Waals surface area contributed by atoms with Crippen molar-refractivity contribution in [2.75, 3.05) is 6.61 Å². The third-order valence-corrected chi connectivity index (χ3v) is 2.80. The van der Waals surface area contributed by atoms with E-state index in [4.69, 9.17) is 4.74 Å². The Morgan fingerprint density at radius 3 is 2.57 bits per heavy atom. The van der Waals surface area contributed by atoms with Gasteiger partial charge in [0, 0.05) is 23.5 Å². The summed E-state index contributed by atoms with van der Waals surface area (Å²) >= 11 is 0. The summed E-state index contributed by atoms with van der Waals surface area (Å²) in [5.41, 5.74) is 5.73. The van der Waals surface area contributed by atoms with Gasteiger partial charge in [-0.15, -0.1) is 0 Å². The van der Waals surface area contributed by atoms with Gasteiger partial charge in [-0.1, -0.05) is 6.07 Å². The summed E-state index contributed by atoms with van der Waals surface area (Å²) in [6.07, 6.45) is 2.71. The van der Waals surface area contributed by atoms with E-state index in [0.29, 0.717) is 17.9 Å². The number of nitrogens with one attached hydrogen (secondary N) is 2. The molecule has 0 fully saturated rings. The third kappa shape index (κ3) is 5.31. The van der Waals surface area contributed by atoms with Gasteiger partial charge in [0.05, 0.1) is 6.61 Å². The number of pyridine rings is 1. The lowest BCUT2D eigenvalue weighted by Crippen LogP contribution is -2.41. The van der Waals surface area contributed by atoms with Crippen LogP contribution in [0.15, 0.2) is 48.8 Å². The molecule has 2 amide bonds. The maximum absolute atomic E-state index is 11.8. The second-order valence-corrected chi connectivity index (χ2v) is 4.47. The van der Waals surface area contributed by atoms with Gasteiger partial charge in [-0.3, -0.25) is 15.2 Å². The van der Waals surface area contributed by atoms with Crippen LogP contribution in [0.5, 0.6) is 5.75 Å². The fourth-order valence-corrected chi connectivity index (χ4v) is 1.70. The number of benzene rings is 1. The zero-order chi connectivity index (χ0) is 16.5. The van der Waals surface area contributed by atoms with Crippen molar-refractivity contribution in [2.24, 2.45) is 0 Å². The monoisotopic (exact) mass is 315 g/mol. The van der Waals surface area contributed by atoms with Crippen LogP contribution in [0.2, 0.25) is 0 Å². The number of aromatic nitrogens is 1. The van der Waals surface area contributed by atoms with Crippen molar-refractivity contribution in [3.8, 4) is 5.75 Å². The van der Waals surface area contributed by atoms with Gasteiger partial charge in [0.15, 0.2) is 0 Å². The van der Waals surface area contributed by atoms with Gasteiger partial charge < -0.3 is 9.47 Å². The Bertz CT molecular complexity index is 644. The summed E-state index contributed by atoms with van der Waals surface area (Å²) in [6.45, 7) is 2.29. The zero-order valence-electron chi connectivity index (χ0n) is 12.6. The molecule has 1 aromatic heterocycles. The molecule has 2 aromatic rings. The predicted octanol–water partition coefficient (Wildman–Crippen LogP) is 2.05. The SMILES string of the molecule is CCOC(=O)NNC(=O)c1ccc(OCc2cccnc2)cc1. The number of ether oxygens (including phenoxy) is 2. The minimum Gasteiger partial charge on any atom is -0.489 e. The predicted molar refractivity (Wildman–Crippen MR) is 82.6 cm³/mol. The number of carbonyl (C=O) groups excluding carboxylic acids is 2. The number of hydrogen-bond donors (Lipinski definition) is 2. The molecule has 1 heterocycles. The van der Waals surface area contributed by atoms with Gasteiger partial charge in [-0.05, 0) is 37.3 Å². The van der Waals surface area contributed by atoms with Gasteiger partial charge in [0.2, 0.25) is 0 Å². The van der Waals surface area contributed by atoms with Gasteiger partial charge in [0.1, 0.15) is 12.4 Å². The van der Waals surface area contributed by atoms with E-state index in [-0.39, 0.29) is 6.61 Å². The quantitative estimate of drug-likeness (QED) is 0.824. The van der Waals surface area contributed by atoms with Gasteiger partial charge >= 0.3 is 6.09 Å². The third-order valence-electron chi connectivity index (χ3n) is 2.80. The molecule has 0 bridgehead atoms. The minimum absolute atomic E-state index is 0.227. The maximum Gasteiger partial charge on any atom is 0.426 e. The number of amides is 2. The van der Waals surface area contributed by atoms with Crippen molar-refractivity contribution >= 4 is 12.0 Å². The van der Waals surface area contributed by atoms with Crippen LogP contribution in [-0.4, -0.2) is 23.6 Å². The van der Waals surface area contributed by atoms with Crippen LogP contribution < -0.4 is 15.6 Å². The molecule has 23 heavy (non-hydrogen) atoms. The van der Waals surface area contributed by atoms with Crippen LogP contribution in [0.4, 0.5) is 4.79 Å². The topological polar surface area (TPSA) is 89.6 Å². The Morgan fingerprint density at radius 2 is 1.91 bits per heavy atom. The number of rotatable bonds is 5. The maximum atomic E-state index is 11.8. The highest BCUT2D eigenvalue weighted by molar-refractivity contribution is 5.95. The van der Waals surface area contributed by atoms with E-state index in [1.165, 1.54) is 0 Å². The average Bonchev–Trinajstić information content (AvgIpc) is 2.59. The molecule has 1 aromatic carbocycles. The van der Waals surface area contributed by atoms with E-state index < -0.39 is 12.0 Å². The van der Waals surface area contributed by atoms with Gasteiger partial charge in [-0.2, -0.15) is 0 Å². The molecule has 2 N–H and O–H groups in total. The van der Waals surface area contributed by atoms with Gasteiger partial charge in [-0.25, -0.2) is 10.2 Å². The minimum atomic E-state index is -0.711. The van der Waals surface area contributed by atoms with E-state index in [1.54, 1.807) is 43.6 Å².